The first-order chi connectivity index (χ1) is 9.11. The van der Waals surface area contributed by atoms with Crippen molar-refractivity contribution < 1.29 is 14.3 Å². The van der Waals surface area contributed by atoms with Crippen molar-refractivity contribution in [1.82, 2.24) is 0 Å². The lowest BCUT2D eigenvalue weighted by Crippen LogP contribution is -2.02. The first kappa shape index (κ1) is 13.4. The van der Waals surface area contributed by atoms with E-state index in [1.54, 1.807) is 6.07 Å². The Morgan fingerprint density at radius 1 is 1.26 bits per heavy atom. The zero-order chi connectivity index (χ0) is 13.8. The predicted molar refractivity (Wildman–Crippen MR) is 76.1 cm³/mol. The van der Waals surface area contributed by atoms with Crippen LogP contribution in [0.5, 0.6) is 0 Å². The molecule has 0 saturated heterocycles. The summed E-state index contributed by atoms with van der Waals surface area (Å²) < 4.78 is 4.83. The number of hydrogen-bond acceptors (Lipinski definition) is 4. The number of thioether (sulfide) groups is 1. The molecule has 0 aliphatic rings. The van der Waals surface area contributed by atoms with Crippen molar-refractivity contribution >= 4 is 33.6 Å². The topological polar surface area (TPSA) is 43.4 Å². The normalized spacial score (nSPS) is 10.2. The summed E-state index contributed by atoms with van der Waals surface area (Å²) in [7, 11) is 0. The van der Waals surface area contributed by atoms with Crippen LogP contribution in [0.4, 0.5) is 0 Å². The molecule has 0 aliphatic carbocycles. The Bertz CT molecular complexity index is 661. The van der Waals surface area contributed by atoms with Crippen molar-refractivity contribution in [2.24, 2.45) is 0 Å². The highest BCUT2D eigenvalue weighted by atomic mass is 32.2. The number of esters is 1. The van der Waals surface area contributed by atoms with Crippen LogP contribution in [-0.2, 0) is 9.53 Å². The first-order valence-electron chi connectivity index (χ1n) is 5.65. The minimum Gasteiger partial charge on any atom is -0.432 e. The zero-order valence-electron chi connectivity index (χ0n) is 10.4. The summed E-state index contributed by atoms with van der Waals surface area (Å²) >= 11 is 1.09. The third-order valence-electron chi connectivity index (χ3n) is 2.51. The molecule has 19 heavy (non-hydrogen) atoms. The van der Waals surface area contributed by atoms with Crippen LogP contribution in [0.15, 0.2) is 54.1 Å². The van der Waals surface area contributed by atoms with Crippen molar-refractivity contribution in [2.75, 3.05) is 0 Å². The molecule has 96 valence electrons. The maximum Gasteiger partial charge on any atom is 0.343 e. The molecule has 2 rings (SSSR count). The minimum atomic E-state index is -0.475. The molecule has 0 saturated carbocycles. The van der Waals surface area contributed by atoms with E-state index in [2.05, 4.69) is 6.58 Å². The maximum atomic E-state index is 11.9. The second-order valence-corrected chi connectivity index (χ2v) is 5.11. The molecule has 3 nitrogen and oxygen atoms in total. The van der Waals surface area contributed by atoms with Gasteiger partial charge in [0.1, 0.15) is 0 Å². The Balaban J connectivity index is 2.60. The van der Waals surface area contributed by atoms with Crippen LogP contribution in [0.2, 0.25) is 0 Å². The van der Waals surface area contributed by atoms with Crippen molar-refractivity contribution in [3.8, 4) is 0 Å². The lowest BCUT2D eigenvalue weighted by molar-refractivity contribution is -0.109. The molecule has 0 atom stereocenters. The minimum absolute atomic E-state index is 0.0293. The zero-order valence-corrected chi connectivity index (χ0v) is 11.2. The summed E-state index contributed by atoms with van der Waals surface area (Å²) in [4.78, 5) is 23.8. The monoisotopic (exact) mass is 272 g/mol. The van der Waals surface area contributed by atoms with Gasteiger partial charge in [0.05, 0.1) is 11.8 Å². The molecule has 0 heterocycles. The fraction of sp³-hybridized carbons (Fsp3) is 0.0667. The van der Waals surface area contributed by atoms with E-state index < -0.39 is 5.97 Å². The van der Waals surface area contributed by atoms with Crippen LogP contribution >= 0.6 is 11.8 Å². The fourth-order valence-corrected chi connectivity index (χ4v) is 2.51. The largest absolute Gasteiger partial charge is 0.432 e. The van der Waals surface area contributed by atoms with Gasteiger partial charge in [0.2, 0.25) is 0 Å². The number of rotatable bonds is 3. The highest BCUT2D eigenvalue weighted by Gasteiger charge is 2.13. The smallest absolute Gasteiger partial charge is 0.343 e. The molecule has 0 unspecified atom stereocenters. The second kappa shape index (κ2) is 5.71. The second-order valence-electron chi connectivity index (χ2n) is 3.86. The average Bonchev–Trinajstić information content (AvgIpc) is 2.37. The SMILES string of the molecule is C=COC(=O)c1cc(SC(C)=O)cc2ccccc12. The summed E-state index contributed by atoms with van der Waals surface area (Å²) in [6.45, 7) is 4.86. The molecular formula is C15H12O3S. The summed E-state index contributed by atoms with van der Waals surface area (Å²) in [5.41, 5.74) is 0.432. The average molecular weight is 272 g/mol. The van der Waals surface area contributed by atoms with Gasteiger partial charge in [-0.05, 0) is 22.9 Å². The Labute approximate surface area is 115 Å². The number of ether oxygens (including phenoxy) is 1. The van der Waals surface area contributed by atoms with Gasteiger partial charge in [0.15, 0.2) is 5.12 Å². The van der Waals surface area contributed by atoms with E-state index in [1.807, 2.05) is 30.3 Å². The molecule has 2 aromatic rings. The molecule has 0 amide bonds. The van der Waals surface area contributed by atoms with Crippen LogP contribution in [0, 0.1) is 0 Å². The van der Waals surface area contributed by atoms with Gasteiger partial charge >= 0.3 is 5.97 Å². The number of hydrogen-bond donors (Lipinski definition) is 0. The number of carbonyl (C=O) groups excluding carboxylic acids is 2. The van der Waals surface area contributed by atoms with Gasteiger partial charge in [-0.2, -0.15) is 0 Å². The van der Waals surface area contributed by atoms with Gasteiger partial charge in [0, 0.05) is 11.8 Å². The van der Waals surface area contributed by atoms with Gasteiger partial charge in [0.25, 0.3) is 0 Å². The number of fused-ring (bicyclic) bond motifs is 1. The maximum absolute atomic E-state index is 11.9. The predicted octanol–water partition coefficient (Wildman–Crippen LogP) is 3.78. The third-order valence-corrected chi connectivity index (χ3v) is 3.27. The Hall–Kier alpha value is -2.07. The van der Waals surface area contributed by atoms with E-state index in [0.29, 0.717) is 5.56 Å². The molecule has 0 bridgehead atoms. The van der Waals surface area contributed by atoms with Gasteiger partial charge in [-0.25, -0.2) is 4.79 Å². The van der Waals surface area contributed by atoms with Gasteiger partial charge in [-0.3, -0.25) is 4.79 Å². The molecule has 0 radical (unpaired) electrons. The summed E-state index contributed by atoms with van der Waals surface area (Å²) in [5, 5.41) is 1.66. The Kier molecular flexibility index (Phi) is 4.02. The van der Waals surface area contributed by atoms with Crippen molar-refractivity contribution in [1.29, 1.82) is 0 Å². The molecule has 4 heteroatoms. The van der Waals surface area contributed by atoms with Crippen LogP contribution in [0.3, 0.4) is 0 Å². The quantitative estimate of drug-likeness (QED) is 0.484. The van der Waals surface area contributed by atoms with Gasteiger partial charge in [-0.15, -0.1) is 0 Å². The summed E-state index contributed by atoms with van der Waals surface area (Å²) in [5.74, 6) is -0.475. The van der Waals surface area contributed by atoms with Gasteiger partial charge < -0.3 is 4.74 Å². The van der Waals surface area contributed by atoms with Crippen molar-refractivity contribution in [3.05, 3.63) is 54.8 Å². The fourth-order valence-electron chi connectivity index (χ4n) is 1.82. The van der Waals surface area contributed by atoms with E-state index in [9.17, 15) is 9.59 Å². The van der Waals surface area contributed by atoms with E-state index in [1.165, 1.54) is 6.92 Å². The Morgan fingerprint density at radius 2 is 2.00 bits per heavy atom. The van der Waals surface area contributed by atoms with E-state index in [-0.39, 0.29) is 5.12 Å². The molecule has 0 N–H and O–H groups in total. The molecule has 0 fully saturated rings. The summed E-state index contributed by atoms with van der Waals surface area (Å²) in [6, 6.07) is 11.0. The molecule has 2 aromatic carbocycles. The van der Waals surface area contributed by atoms with E-state index >= 15 is 0 Å². The standard InChI is InChI=1S/C15H12O3S/c1-3-18-15(17)14-9-12(19-10(2)16)8-11-6-4-5-7-13(11)14/h3-9H,1H2,2H3. The number of benzene rings is 2. The molecule has 0 aliphatic heterocycles. The van der Waals surface area contributed by atoms with Crippen molar-refractivity contribution in [2.45, 2.75) is 11.8 Å². The van der Waals surface area contributed by atoms with Gasteiger partial charge in [-0.1, -0.05) is 42.6 Å². The van der Waals surface area contributed by atoms with Crippen LogP contribution in [0.1, 0.15) is 17.3 Å². The molecular weight excluding hydrogens is 260 g/mol. The molecule has 0 spiro atoms. The third kappa shape index (κ3) is 3.03. The summed E-state index contributed by atoms with van der Waals surface area (Å²) in [6.07, 6.45) is 1.10. The van der Waals surface area contributed by atoms with Crippen LogP contribution in [-0.4, -0.2) is 11.1 Å². The first-order valence-corrected chi connectivity index (χ1v) is 6.46. The molecule has 0 aromatic heterocycles. The Morgan fingerprint density at radius 3 is 2.68 bits per heavy atom. The van der Waals surface area contributed by atoms with Crippen LogP contribution < -0.4 is 0 Å². The van der Waals surface area contributed by atoms with Crippen molar-refractivity contribution in [3.63, 3.8) is 0 Å². The highest BCUT2D eigenvalue weighted by molar-refractivity contribution is 8.13. The van der Waals surface area contributed by atoms with E-state index in [4.69, 9.17) is 4.74 Å². The van der Waals surface area contributed by atoms with E-state index in [0.717, 1.165) is 33.7 Å². The lowest BCUT2D eigenvalue weighted by atomic mass is 10.0. The lowest BCUT2D eigenvalue weighted by Gasteiger charge is -2.07. The number of carbonyl (C=O) groups is 2. The van der Waals surface area contributed by atoms with Crippen LogP contribution in [0.25, 0.3) is 10.8 Å². The highest BCUT2D eigenvalue weighted by Crippen LogP contribution is 2.28.